The van der Waals surface area contributed by atoms with E-state index in [0.29, 0.717) is 4.47 Å². The lowest BCUT2D eigenvalue weighted by atomic mass is 10.1. The van der Waals surface area contributed by atoms with E-state index in [2.05, 4.69) is 21.2 Å². The third kappa shape index (κ3) is 3.80. The second-order valence-corrected chi connectivity index (χ2v) is 5.77. The quantitative estimate of drug-likeness (QED) is 0.729. The first kappa shape index (κ1) is 15.5. The van der Waals surface area contributed by atoms with Gasteiger partial charge in [-0.3, -0.25) is 4.79 Å². The molecule has 4 N–H and O–H groups in total. The maximum absolute atomic E-state index is 12.3. The predicted molar refractivity (Wildman–Crippen MR) is 89.2 cm³/mol. The molecule has 0 aliphatic heterocycles. The third-order valence-corrected chi connectivity index (χ3v) is 3.63. The zero-order valence-corrected chi connectivity index (χ0v) is 13.3. The molecule has 1 atom stereocenters. The van der Waals surface area contributed by atoms with Gasteiger partial charge in [0.15, 0.2) is 0 Å². The fourth-order valence-corrected chi connectivity index (χ4v) is 2.41. The molecule has 21 heavy (non-hydrogen) atoms. The fraction of sp³-hybridized carbons (Fsp3) is 0.0667. The Kier molecular flexibility index (Phi) is 4.93. The molecule has 0 saturated carbocycles. The van der Waals surface area contributed by atoms with Crippen molar-refractivity contribution in [1.82, 2.24) is 5.32 Å². The van der Waals surface area contributed by atoms with E-state index < -0.39 is 11.9 Å². The Hall–Kier alpha value is -1.92. The van der Waals surface area contributed by atoms with Crippen LogP contribution in [0.2, 0.25) is 0 Å². The summed E-state index contributed by atoms with van der Waals surface area (Å²) in [6.07, 6.45) is 0. The van der Waals surface area contributed by atoms with Crippen molar-refractivity contribution in [2.45, 2.75) is 6.04 Å². The number of carbonyl (C=O) groups excluding carboxylic acids is 1. The molecule has 6 heteroatoms. The van der Waals surface area contributed by atoms with Crippen molar-refractivity contribution in [3.8, 4) is 5.75 Å². The number of halogens is 1. The molecular weight excluding hydrogens is 352 g/mol. The summed E-state index contributed by atoms with van der Waals surface area (Å²) in [5.41, 5.74) is 6.65. The number of nitrogens with one attached hydrogen (secondary N) is 1. The number of hydrogen-bond acceptors (Lipinski definition) is 3. The third-order valence-electron chi connectivity index (χ3n) is 2.90. The second kappa shape index (κ2) is 6.69. The maximum atomic E-state index is 12.3. The summed E-state index contributed by atoms with van der Waals surface area (Å²) in [6.45, 7) is 0. The van der Waals surface area contributed by atoms with Crippen molar-refractivity contribution >= 4 is 39.0 Å². The lowest BCUT2D eigenvalue weighted by Gasteiger charge is -2.18. The van der Waals surface area contributed by atoms with Crippen LogP contribution >= 0.6 is 28.1 Å². The highest BCUT2D eigenvalue weighted by Gasteiger charge is 2.20. The highest BCUT2D eigenvalue weighted by Crippen LogP contribution is 2.23. The Labute approximate surface area is 136 Å². The predicted octanol–water partition coefficient (Wildman–Crippen LogP) is 2.91. The lowest BCUT2D eigenvalue weighted by Crippen LogP contribution is -2.36. The Morgan fingerprint density at radius 2 is 1.90 bits per heavy atom. The summed E-state index contributed by atoms with van der Waals surface area (Å²) in [5, 5.41) is 12.6. The number of aromatic hydroxyl groups is 1. The second-order valence-electron chi connectivity index (χ2n) is 4.38. The first-order chi connectivity index (χ1) is 9.99. The number of carbonyl (C=O) groups is 1. The van der Waals surface area contributed by atoms with Gasteiger partial charge in [-0.05, 0) is 23.8 Å². The molecule has 0 aromatic heterocycles. The van der Waals surface area contributed by atoms with Gasteiger partial charge in [0.2, 0.25) is 0 Å². The first-order valence-electron chi connectivity index (χ1n) is 6.12. The van der Waals surface area contributed by atoms with Crippen LogP contribution in [0, 0.1) is 0 Å². The summed E-state index contributed by atoms with van der Waals surface area (Å²) in [4.78, 5) is 12.4. The normalized spacial score (nSPS) is 11.7. The number of amides is 1. The van der Waals surface area contributed by atoms with Crippen LogP contribution in [-0.4, -0.2) is 16.0 Å². The molecular formula is C15H13BrN2O2S. The Balaban J connectivity index is 2.25. The average Bonchev–Trinajstić information content (AvgIpc) is 2.45. The van der Waals surface area contributed by atoms with E-state index in [4.69, 9.17) is 18.0 Å². The van der Waals surface area contributed by atoms with Gasteiger partial charge in [0.1, 0.15) is 16.8 Å². The Morgan fingerprint density at radius 1 is 1.24 bits per heavy atom. The Morgan fingerprint density at radius 3 is 2.48 bits per heavy atom. The van der Waals surface area contributed by atoms with E-state index >= 15 is 0 Å². The molecule has 2 rings (SSSR count). The molecule has 2 aromatic rings. The van der Waals surface area contributed by atoms with Crippen molar-refractivity contribution in [3.05, 3.63) is 64.1 Å². The number of hydrogen-bond donors (Lipinski definition) is 3. The highest BCUT2D eigenvalue weighted by atomic mass is 79.9. The van der Waals surface area contributed by atoms with Crippen molar-refractivity contribution in [3.63, 3.8) is 0 Å². The minimum Gasteiger partial charge on any atom is -0.507 e. The molecule has 0 bridgehead atoms. The molecule has 1 amide bonds. The molecule has 0 fully saturated rings. The van der Waals surface area contributed by atoms with Gasteiger partial charge in [-0.2, -0.15) is 0 Å². The zero-order chi connectivity index (χ0) is 15.4. The lowest BCUT2D eigenvalue weighted by molar-refractivity contribution is 0.0944. The molecule has 0 aliphatic carbocycles. The molecule has 108 valence electrons. The van der Waals surface area contributed by atoms with Gasteiger partial charge in [-0.1, -0.05) is 58.5 Å². The van der Waals surface area contributed by atoms with Crippen LogP contribution in [0.4, 0.5) is 0 Å². The average molecular weight is 365 g/mol. The maximum Gasteiger partial charge on any atom is 0.255 e. The summed E-state index contributed by atoms with van der Waals surface area (Å²) < 4.78 is 0.686. The molecule has 2 aromatic carbocycles. The van der Waals surface area contributed by atoms with Crippen LogP contribution in [0.25, 0.3) is 0 Å². The molecule has 0 heterocycles. The van der Waals surface area contributed by atoms with Gasteiger partial charge in [0, 0.05) is 4.47 Å². The van der Waals surface area contributed by atoms with Crippen LogP contribution < -0.4 is 11.1 Å². The molecule has 0 spiro atoms. The van der Waals surface area contributed by atoms with E-state index in [9.17, 15) is 9.90 Å². The van der Waals surface area contributed by atoms with Crippen molar-refractivity contribution in [2.75, 3.05) is 0 Å². The molecule has 1 unspecified atom stereocenters. The largest absolute Gasteiger partial charge is 0.507 e. The van der Waals surface area contributed by atoms with Gasteiger partial charge in [-0.15, -0.1) is 0 Å². The minimum atomic E-state index is -0.586. The van der Waals surface area contributed by atoms with Crippen LogP contribution in [0.3, 0.4) is 0 Å². The smallest absolute Gasteiger partial charge is 0.255 e. The minimum absolute atomic E-state index is 0.114. The number of thiocarbonyl (C=S) groups is 1. The van der Waals surface area contributed by atoms with Crippen LogP contribution in [0.15, 0.2) is 53.0 Å². The number of benzene rings is 2. The molecule has 0 radical (unpaired) electrons. The van der Waals surface area contributed by atoms with Gasteiger partial charge in [-0.25, -0.2) is 0 Å². The Bertz CT molecular complexity index is 677. The molecule has 0 aliphatic rings. The molecule has 0 saturated heterocycles. The topological polar surface area (TPSA) is 75.3 Å². The van der Waals surface area contributed by atoms with Gasteiger partial charge < -0.3 is 16.2 Å². The van der Waals surface area contributed by atoms with Gasteiger partial charge in [0.25, 0.3) is 5.91 Å². The number of phenolic OH excluding ortho intramolecular Hbond substituents is 1. The van der Waals surface area contributed by atoms with E-state index in [0.717, 1.165) is 5.56 Å². The summed E-state index contributed by atoms with van der Waals surface area (Å²) in [6, 6.07) is 13.3. The number of nitrogens with two attached hydrogens (primary N) is 1. The van der Waals surface area contributed by atoms with Crippen molar-refractivity contribution in [1.29, 1.82) is 0 Å². The fourth-order valence-electron chi connectivity index (χ4n) is 1.87. The van der Waals surface area contributed by atoms with E-state index in [1.54, 1.807) is 6.07 Å². The van der Waals surface area contributed by atoms with Crippen molar-refractivity contribution in [2.24, 2.45) is 5.73 Å². The highest BCUT2D eigenvalue weighted by molar-refractivity contribution is 9.10. The first-order valence-corrected chi connectivity index (χ1v) is 7.33. The molecule has 4 nitrogen and oxygen atoms in total. The van der Waals surface area contributed by atoms with Gasteiger partial charge >= 0.3 is 0 Å². The van der Waals surface area contributed by atoms with Crippen LogP contribution in [0.5, 0.6) is 5.75 Å². The van der Waals surface area contributed by atoms with E-state index in [1.807, 2.05) is 30.3 Å². The SMILES string of the molecule is NC(=S)C(NC(=O)c1ccc(Br)cc1O)c1ccccc1. The number of rotatable bonds is 4. The standard InChI is InChI=1S/C15H13BrN2O2S/c16-10-6-7-11(12(19)8-10)15(20)18-13(14(17)21)9-4-2-1-3-5-9/h1-8,13,19H,(H2,17,21)(H,18,20). The van der Waals surface area contributed by atoms with Crippen LogP contribution in [0.1, 0.15) is 22.0 Å². The zero-order valence-electron chi connectivity index (χ0n) is 10.9. The summed E-state index contributed by atoms with van der Waals surface area (Å²) >= 11 is 8.24. The van der Waals surface area contributed by atoms with Crippen molar-refractivity contribution < 1.29 is 9.90 Å². The van der Waals surface area contributed by atoms with E-state index in [1.165, 1.54) is 12.1 Å². The van der Waals surface area contributed by atoms with Gasteiger partial charge in [0.05, 0.1) is 5.56 Å². The monoisotopic (exact) mass is 364 g/mol. The summed E-state index contributed by atoms with van der Waals surface area (Å²) in [7, 11) is 0. The van der Waals surface area contributed by atoms with Crippen LogP contribution in [-0.2, 0) is 0 Å². The van der Waals surface area contributed by atoms with E-state index in [-0.39, 0.29) is 16.3 Å². The number of phenols is 1. The summed E-state index contributed by atoms with van der Waals surface area (Å²) in [5.74, 6) is -0.557.